The van der Waals surface area contributed by atoms with Gasteiger partial charge >= 0.3 is 0 Å². The van der Waals surface area contributed by atoms with E-state index in [1.165, 1.54) is 11.3 Å². The van der Waals surface area contributed by atoms with Gasteiger partial charge in [0, 0.05) is 5.38 Å². The summed E-state index contributed by atoms with van der Waals surface area (Å²) >= 11 is 1.51. The number of thiophene rings is 1. The summed E-state index contributed by atoms with van der Waals surface area (Å²) in [7, 11) is 0. The minimum absolute atomic E-state index is 0.00851. The lowest BCUT2D eigenvalue weighted by molar-refractivity contribution is 0.0915. The summed E-state index contributed by atoms with van der Waals surface area (Å²) in [6.45, 7) is 3.83. The molecular formula is C10H15NO2S. The Morgan fingerprint density at radius 3 is 2.79 bits per heavy atom. The molecule has 1 aromatic heterocycles. The molecule has 1 rings (SSSR count). The van der Waals surface area contributed by atoms with Crippen LogP contribution in [0.2, 0.25) is 0 Å². The van der Waals surface area contributed by atoms with E-state index < -0.39 is 0 Å². The Hall–Kier alpha value is -0.870. The van der Waals surface area contributed by atoms with Crippen LogP contribution in [0.25, 0.3) is 0 Å². The molecule has 0 aliphatic carbocycles. The Kier molecular flexibility index (Phi) is 4.10. The maximum atomic E-state index is 11.6. The zero-order valence-electron chi connectivity index (χ0n) is 8.41. The monoisotopic (exact) mass is 213 g/mol. The van der Waals surface area contributed by atoms with Gasteiger partial charge in [-0.15, -0.1) is 0 Å². The number of aliphatic hydroxyl groups excluding tert-OH is 1. The van der Waals surface area contributed by atoms with Crippen LogP contribution in [-0.2, 0) is 0 Å². The highest BCUT2D eigenvalue weighted by molar-refractivity contribution is 7.08. The molecule has 0 aromatic carbocycles. The van der Waals surface area contributed by atoms with Crippen molar-refractivity contribution >= 4 is 17.2 Å². The number of aryl methyl sites for hydroxylation is 1. The van der Waals surface area contributed by atoms with Crippen LogP contribution < -0.4 is 5.32 Å². The zero-order chi connectivity index (χ0) is 10.6. The fourth-order valence-corrected chi connectivity index (χ4v) is 1.96. The van der Waals surface area contributed by atoms with Crippen molar-refractivity contribution in [3.05, 3.63) is 21.9 Å². The minimum atomic E-state index is -0.137. The van der Waals surface area contributed by atoms with Crippen molar-refractivity contribution in [3.8, 4) is 0 Å². The van der Waals surface area contributed by atoms with Gasteiger partial charge in [-0.05, 0) is 24.3 Å². The third-order valence-corrected chi connectivity index (χ3v) is 3.01. The van der Waals surface area contributed by atoms with Crippen molar-refractivity contribution in [3.63, 3.8) is 0 Å². The first-order chi connectivity index (χ1) is 6.69. The number of carbonyl (C=O) groups is 1. The molecule has 0 bridgehead atoms. The molecular weight excluding hydrogens is 198 g/mol. The van der Waals surface area contributed by atoms with E-state index in [0.717, 1.165) is 12.0 Å². The molecule has 1 amide bonds. The van der Waals surface area contributed by atoms with Gasteiger partial charge < -0.3 is 10.4 Å². The maximum absolute atomic E-state index is 11.6. The van der Waals surface area contributed by atoms with E-state index in [4.69, 9.17) is 5.11 Å². The Bertz CT molecular complexity index is 305. The van der Waals surface area contributed by atoms with Gasteiger partial charge in [0.05, 0.1) is 18.2 Å². The summed E-state index contributed by atoms with van der Waals surface area (Å²) in [4.78, 5) is 11.6. The van der Waals surface area contributed by atoms with Crippen molar-refractivity contribution in [2.24, 2.45) is 0 Å². The van der Waals surface area contributed by atoms with Crippen molar-refractivity contribution in [1.82, 2.24) is 5.32 Å². The van der Waals surface area contributed by atoms with E-state index in [2.05, 4.69) is 5.32 Å². The molecule has 1 aromatic rings. The first-order valence-corrected chi connectivity index (χ1v) is 5.57. The van der Waals surface area contributed by atoms with Crippen LogP contribution in [0.1, 0.15) is 29.3 Å². The van der Waals surface area contributed by atoms with Crippen molar-refractivity contribution < 1.29 is 9.90 Å². The second kappa shape index (κ2) is 5.12. The lowest BCUT2D eigenvalue weighted by Crippen LogP contribution is -2.36. The van der Waals surface area contributed by atoms with Crippen LogP contribution in [0.3, 0.4) is 0 Å². The summed E-state index contributed by atoms with van der Waals surface area (Å²) in [5.74, 6) is -0.0929. The van der Waals surface area contributed by atoms with Crippen LogP contribution in [-0.4, -0.2) is 23.7 Å². The Balaban J connectivity index is 2.63. The summed E-state index contributed by atoms with van der Waals surface area (Å²) in [5.41, 5.74) is 1.70. The van der Waals surface area contributed by atoms with Gasteiger partial charge in [0.25, 0.3) is 5.91 Å². The highest BCUT2D eigenvalue weighted by atomic mass is 32.1. The number of hydrogen-bond donors (Lipinski definition) is 2. The predicted molar refractivity (Wildman–Crippen MR) is 57.7 cm³/mol. The van der Waals surface area contributed by atoms with Crippen molar-refractivity contribution in [1.29, 1.82) is 0 Å². The molecule has 4 heteroatoms. The van der Waals surface area contributed by atoms with Gasteiger partial charge in [0.1, 0.15) is 0 Å². The predicted octanol–water partition coefficient (Wildman–Crippen LogP) is 1.56. The van der Waals surface area contributed by atoms with Crippen LogP contribution in [0.15, 0.2) is 10.8 Å². The smallest absolute Gasteiger partial charge is 0.252 e. The van der Waals surface area contributed by atoms with Gasteiger partial charge in [-0.25, -0.2) is 0 Å². The Morgan fingerprint density at radius 2 is 2.36 bits per heavy atom. The third kappa shape index (κ3) is 2.56. The fourth-order valence-electron chi connectivity index (χ4n) is 1.13. The first-order valence-electron chi connectivity index (χ1n) is 4.63. The molecule has 0 unspecified atom stereocenters. The molecule has 78 valence electrons. The molecule has 1 atom stereocenters. The number of amides is 1. The van der Waals surface area contributed by atoms with Gasteiger partial charge in [0.2, 0.25) is 0 Å². The number of rotatable bonds is 4. The molecule has 0 fully saturated rings. The van der Waals surface area contributed by atoms with Crippen molar-refractivity contribution in [2.45, 2.75) is 26.3 Å². The fraction of sp³-hybridized carbons (Fsp3) is 0.500. The van der Waals surface area contributed by atoms with E-state index in [-0.39, 0.29) is 18.6 Å². The molecule has 0 spiro atoms. The molecule has 14 heavy (non-hydrogen) atoms. The van der Waals surface area contributed by atoms with Gasteiger partial charge in [-0.1, -0.05) is 6.92 Å². The average Bonchev–Trinajstić information content (AvgIpc) is 2.60. The summed E-state index contributed by atoms with van der Waals surface area (Å²) in [6, 6.07) is -0.137. The number of hydrogen-bond acceptors (Lipinski definition) is 3. The van der Waals surface area contributed by atoms with E-state index >= 15 is 0 Å². The molecule has 0 saturated heterocycles. The SMILES string of the molecule is CC[C@H](CO)NC(=O)c1cscc1C. The van der Waals surface area contributed by atoms with E-state index in [1.807, 2.05) is 24.6 Å². The standard InChI is InChI=1S/C10H15NO2S/c1-3-8(4-12)11-10(13)9-6-14-5-7(9)2/h5-6,8,12H,3-4H2,1-2H3,(H,11,13)/t8-/m1/s1. The second-order valence-electron chi connectivity index (χ2n) is 3.23. The molecule has 0 aliphatic heterocycles. The first kappa shape index (κ1) is 11.2. The van der Waals surface area contributed by atoms with E-state index in [1.54, 1.807) is 0 Å². The largest absolute Gasteiger partial charge is 0.394 e. The topological polar surface area (TPSA) is 49.3 Å². The van der Waals surface area contributed by atoms with Gasteiger partial charge in [0.15, 0.2) is 0 Å². The van der Waals surface area contributed by atoms with Crippen LogP contribution in [0, 0.1) is 6.92 Å². The average molecular weight is 213 g/mol. The Labute approximate surface area is 87.8 Å². The third-order valence-electron chi connectivity index (χ3n) is 2.15. The maximum Gasteiger partial charge on any atom is 0.252 e. The molecule has 3 nitrogen and oxygen atoms in total. The molecule has 1 heterocycles. The zero-order valence-corrected chi connectivity index (χ0v) is 9.23. The van der Waals surface area contributed by atoms with E-state index in [9.17, 15) is 4.79 Å². The number of aliphatic hydroxyl groups is 1. The van der Waals surface area contributed by atoms with E-state index in [0.29, 0.717) is 5.56 Å². The van der Waals surface area contributed by atoms with Gasteiger partial charge in [-0.2, -0.15) is 11.3 Å². The number of carbonyl (C=O) groups excluding carboxylic acids is 1. The summed E-state index contributed by atoms with van der Waals surface area (Å²) in [6.07, 6.45) is 0.741. The normalized spacial score (nSPS) is 12.5. The highest BCUT2D eigenvalue weighted by Gasteiger charge is 2.13. The van der Waals surface area contributed by atoms with Crippen LogP contribution in [0.5, 0.6) is 0 Å². The lowest BCUT2D eigenvalue weighted by atomic mass is 10.2. The molecule has 0 radical (unpaired) electrons. The second-order valence-corrected chi connectivity index (χ2v) is 3.97. The van der Waals surface area contributed by atoms with Crippen LogP contribution >= 0.6 is 11.3 Å². The molecule has 2 N–H and O–H groups in total. The molecule has 0 saturated carbocycles. The Morgan fingerprint density at radius 1 is 1.64 bits per heavy atom. The van der Waals surface area contributed by atoms with Crippen LogP contribution in [0.4, 0.5) is 0 Å². The summed E-state index contributed by atoms with van der Waals surface area (Å²) < 4.78 is 0. The highest BCUT2D eigenvalue weighted by Crippen LogP contribution is 2.13. The minimum Gasteiger partial charge on any atom is -0.394 e. The lowest BCUT2D eigenvalue weighted by Gasteiger charge is -2.13. The van der Waals surface area contributed by atoms with Gasteiger partial charge in [-0.3, -0.25) is 4.79 Å². The number of nitrogens with one attached hydrogen (secondary N) is 1. The van der Waals surface area contributed by atoms with Crippen molar-refractivity contribution in [2.75, 3.05) is 6.61 Å². The summed E-state index contributed by atoms with van der Waals surface area (Å²) in [5, 5.41) is 15.5. The molecule has 0 aliphatic rings. The quantitative estimate of drug-likeness (QED) is 0.797.